The summed E-state index contributed by atoms with van der Waals surface area (Å²) in [5.74, 6) is 0.631. The van der Waals surface area contributed by atoms with Crippen LogP contribution in [0.4, 0.5) is 5.69 Å². The van der Waals surface area contributed by atoms with Crippen molar-refractivity contribution in [2.45, 2.75) is 53.0 Å². The van der Waals surface area contributed by atoms with Crippen molar-refractivity contribution < 1.29 is 9.53 Å². The smallest absolute Gasteiger partial charge is 0.331 e. The van der Waals surface area contributed by atoms with E-state index >= 15 is 0 Å². The predicted octanol–water partition coefficient (Wildman–Crippen LogP) is 4.41. The van der Waals surface area contributed by atoms with Gasteiger partial charge in [-0.1, -0.05) is 45.9 Å². The molecule has 0 fully saturated rings. The molecule has 118 valence electrons. The summed E-state index contributed by atoms with van der Waals surface area (Å²) in [6.07, 6.45) is 1.51. The minimum absolute atomic E-state index is 0.173. The fourth-order valence-corrected chi connectivity index (χ4v) is 2.96. The van der Waals surface area contributed by atoms with Crippen molar-refractivity contribution in [1.82, 2.24) is 0 Å². The monoisotopic (exact) mass is 291 g/mol. The highest BCUT2D eigenvalue weighted by atomic mass is 16.5. The maximum atomic E-state index is 12.5. The Bertz CT molecular complexity index is 456. The number of carbonyl (C=O) groups is 1. The van der Waals surface area contributed by atoms with Gasteiger partial charge in [0.05, 0.1) is 7.11 Å². The summed E-state index contributed by atoms with van der Waals surface area (Å²) in [5.41, 5.74) is 1.48. The van der Waals surface area contributed by atoms with E-state index in [4.69, 9.17) is 4.74 Å². The van der Waals surface area contributed by atoms with Crippen LogP contribution in [0, 0.1) is 18.8 Å². The second-order valence-corrected chi connectivity index (χ2v) is 6.71. The Morgan fingerprint density at radius 3 is 2.10 bits per heavy atom. The third-order valence-electron chi connectivity index (χ3n) is 3.61. The Hall–Kier alpha value is -1.51. The lowest BCUT2D eigenvalue weighted by Crippen LogP contribution is -2.49. The number of anilines is 1. The van der Waals surface area contributed by atoms with Gasteiger partial charge in [0.1, 0.15) is 5.54 Å². The van der Waals surface area contributed by atoms with Gasteiger partial charge in [-0.05, 0) is 43.2 Å². The molecule has 0 atom stereocenters. The zero-order valence-electron chi connectivity index (χ0n) is 14.2. The molecule has 0 unspecified atom stereocenters. The number of ether oxygens (including phenoxy) is 1. The average molecular weight is 291 g/mol. The number of nitrogens with one attached hydrogen (secondary N) is 1. The van der Waals surface area contributed by atoms with Gasteiger partial charge in [-0.25, -0.2) is 4.79 Å². The van der Waals surface area contributed by atoms with Crippen molar-refractivity contribution in [1.29, 1.82) is 0 Å². The number of rotatable bonds is 7. The molecule has 1 aromatic rings. The van der Waals surface area contributed by atoms with Crippen molar-refractivity contribution in [2.75, 3.05) is 12.4 Å². The Morgan fingerprint density at radius 2 is 1.67 bits per heavy atom. The number of methoxy groups -OCH3 is 1. The van der Waals surface area contributed by atoms with Gasteiger partial charge in [-0.3, -0.25) is 0 Å². The van der Waals surface area contributed by atoms with Crippen molar-refractivity contribution in [3.05, 3.63) is 29.8 Å². The lowest BCUT2D eigenvalue weighted by molar-refractivity contribution is -0.147. The van der Waals surface area contributed by atoms with Crippen LogP contribution in [0.2, 0.25) is 0 Å². The van der Waals surface area contributed by atoms with Crippen LogP contribution < -0.4 is 5.32 Å². The summed E-state index contributed by atoms with van der Waals surface area (Å²) in [7, 11) is 1.47. The first-order valence-electron chi connectivity index (χ1n) is 7.73. The van der Waals surface area contributed by atoms with Gasteiger partial charge in [0.15, 0.2) is 0 Å². The molecule has 0 saturated carbocycles. The minimum Gasteiger partial charge on any atom is -0.467 e. The van der Waals surface area contributed by atoms with E-state index in [0.717, 1.165) is 24.1 Å². The van der Waals surface area contributed by atoms with Crippen molar-refractivity contribution in [3.63, 3.8) is 0 Å². The first-order chi connectivity index (χ1) is 9.80. The number of hydrogen-bond acceptors (Lipinski definition) is 3. The van der Waals surface area contributed by atoms with E-state index in [1.54, 1.807) is 0 Å². The molecular weight excluding hydrogens is 262 g/mol. The molecule has 0 spiro atoms. The van der Waals surface area contributed by atoms with Gasteiger partial charge >= 0.3 is 5.97 Å². The third kappa shape index (κ3) is 4.76. The standard InChI is InChI=1S/C18H29NO2/c1-13(2)11-18(12-14(3)4,17(20)21-6)19-16-10-8-7-9-15(16)5/h7-10,13-14,19H,11-12H2,1-6H3. The number of para-hydroxylation sites is 1. The molecule has 3 heteroatoms. The van der Waals surface area contributed by atoms with Gasteiger partial charge in [0, 0.05) is 5.69 Å². The first-order valence-corrected chi connectivity index (χ1v) is 7.73. The highest BCUT2D eigenvalue weighted by Crippen LogP contribution is 2.31. The molecule has 1 aromatic carbocycles. The van der Waals surface area contributed by atoms with Gasteiger partial charge in [0.25, 0.3) is 0 Å². The number of hydrogen-bond donors (Lipinski definition) is 1. The van der Waals surface area contributed by atoms with Crippen LogP contribution >= 0.6 is 0 Å². The van der Waals surface area contributed by atoms with E-state index in [0.29, 0.717) is 11.8 Å². The second-order valence-electron chi connectivity index (χ2n) is 6.71. The second kappa shape index (κ2) is 7.48. The molecule has 0 aromatic heterocycles. The van der Waals surface area contributed by atoms with Crippen LogP contribution in [-0.2, 0) is 9.53 Å². The number of benzene rings is 1. The van der Waals surface area contributed by atoms with Crippen LogP contribution in [-0.4, -0.2) is 18.6 Å². The van der Waals surface area contributed by atoms with Crippen molar-refractivity contribution >= 4 is 11.7 Å². The topological polar surface area (TPSA) is 38.3 Å². The molecule has 1 rings (SSSR count). The average Bonchev–Trinajstić information content (AvgIpc) is 2.38. The van der Waals surface area contributed by atoms with E-state index in [9.17, 15) is 4.79 Å². The molecule has 0 aliphatic heterocycles. The molecule has 0 saturated heterocycles. The van der Waals surface area contributed by atoms with Crippen LogP contribution in [0.15, 0.2) is 24.3 Å². The van der Waals surface area contributed by atoms with Crippen LogP contribution in [0.1, 0.15) is 46.1 Å². The summed E-state index contributed by atoms with van der Waals surface area (Å²) >= 11 is 0. The zero-order valence-corrected chi connectivity index (χ0v) is 14.2. The largest absolute Gasteiger partial charge is 0.467 e. The Kier molecular flexibility index (Phi) is 6.25. The molecular formula is C18H29NO2. The molecule has 1 N–H and O–H groups in total. The van der Waals surface area contributed by atoms with E-state index in [1.165, 1.54) is 7.11 Å². The maximum absolute atomic E-state index is 12.5. The van der Waals surface area contributed by atoms with Gasteiger partial charge in [-0.2, -0.15) is 0 Å². The molecule has 0 radical (unpaired) electrons. The SMILES string of the molecule is COC(=O)C(CC(C)C)(CC(C)C)Nc1ccccc1C. The fraction of sp³-hybridized carbons (Fsp3) is 0.611. The summed E-state index contributed by atoms with van der Waals surface area (Å²) < 4.78 is 5.13. The van der Waals surface area contributed by atoms with Crippen LogP contribution in [0.5, 0.6) is 0 Å². The highest BCUT2D eigenvalue weighted by Gasteiger charge is 2.40. The van der Waals surface area contributed by atoms with Crippen molar-refractivity contribution in [2.24, 2.45) is 11.8 Å². The highest BCUT2D eigenvalue weighted by molar-refractivity contribution is 5.85. The lowest BCUT2D eigenvalue weighted by atomic mass is 9.81. The maximum Gasteiger partial charge on any atom is 0.331 e. The normalized spacial score (nSPS) is 11.8. The first kappa shape index (κ1) is 17.5. The molecule has 21 heavy (non-hydrogen) atoms. The third-order valence-corrected chi connectivity index (χ3v) is 3.61. The van der Waals surface area contributed by atoms with E-state index < -0.39 is 5.54 Å². The summed E-state index contributed by atoms with van der Waals surface area (Å²) in [6, 6.07) is 8.07. The van der Waals surface area contributed by atoms with Gasteiger partial charge in [0.2, 0.25) is 0 Å². The zero-order chi connectivity index (χ0) is 16.0. The summed E-state index contributed by atoms with van der Waals surface area (Å²) in [4.78, 5) is 12.5. The van der Waals surface area contributed by atoms with Crippen LogP contribution in [0.25, 0.3) is 0 Å². The van der Waals surface area contributed by atoms with E-state index in [2.05, 4.69) is 46.0 Å². The molecule has 0 aliphatic rings. The number of carbonyl (C=O) groups excluding carboxylic acids is 1. The fourth-order valence-electron chi connectivity index (χ4n) is 2.96. The quantitative estimate of drug-likeness (QED) is 0.756. The lowest BCUT2D eigenvalue weighted by Gasteiger charge is -2.36. The van der Waals surface area contributed by atoms with Crippen molar-refractivity contribution in [3.8, 4) is 0 Å². The molecule has 0 aliphatic carbocycles. The van der Waals surface area contributed by atoms with E-state index in [1.807, 2.05) is 18.2 Å². The van der Waals surface area contributed by atoms with E-state index in [-0.39, 0.29) is 5.97 Å². The van der Waals surface area contributed by atoms with Gasteiger partial charge in [-0.15, -0.1) is 0 Å². The molecule has 3 nitrogen and oxygen atoms in total. The Morgan fingerprint density at radius 1 is 1.14 bits per heavy atom. The van der Waals surface area contributed by atoms with Gasteiger partial charge < -0.3 is 10.1 Å². The number of esters is 1. The summed E-state index contributed by atoms with van der Waals surface area (Å²) in [6.45, 7) is 10.6. The Labute approximate surface area is 129 Å². The molecule has 0 heterocycles. The number of aryl methyl sites for hydroxylation is 1. The minimum atomic E-state index is -0.663. The Balaban J connectivity index is 3.20. The predicted molar refractivity (Wildman–Crippen MR) is 88.5 cm³/mol. The summed E-state index contributed by atoms with van der Waals surface area (Å²) in [5, 5.41) is 3.50. The molecule has 0 bridgehead atoms. The molecule has 0 amide bonds. The van der Waals surface area contributed by atoms with Crippen LogP contribution in [0.3, 0.4) is 0 Å².